The second-order valence-corrected chi connectivity index (χ2v) is 9.93. The van der Waals surface area contributed by atoms with Crippen LogP contribution in [0.25, 0.3) is 0 Å². The van der Waals surface area contributed by atoms with E-state index in [4.69, 9.17) is 0 Å². The molecule has 1 heterocycles. The number of nitrogens with one attached hydrogen (secondary N) is 1. The molecule has 6 nitrogen and oxygen atoms in total. The van der Waals surface area contributed by atoms with Crippen molar-refractivity contribution in [2.75, 3.05) is 17.8 Å². The number of piperidine rings is 1. The molecule has 2 N–H and O–H groups in total. The summed E-state index contributed by atoms with van der Waals surface area (Å²) < 4.78 is 41.2. The minimum atomic E-state index is -3.94. The minimum Gasteiger partial charge on any atom is -0.508 e. The van der Waals surface area contributed by atoms with Crippen molar-refractivity contribution in [3.63, 3.8) is 0 Å². The van der Waals surface area contributed by atoms with Crippen molar-refractivity contribution >= 4 is 21.6 Å². The van der Waals surface area contributed by atoms with Gasteiger partial charge in [-0.1, -0.05) is 18.2 Å². The number of hydrogen-bond acceptors (Lipinski definition) is 4. The SMILES string of the molecule is Cc1ccc(S(=O)(=O)Nc2ccc(F)cc2)cc1C(=O)N1CCC(c2ccc(O)cc2)CC1. The van der Waals surface area contributed by atoms with Gasteiger partial charge in [0.25, 0.3) is 15.9 Å². The molecule has 0 atom stereocenters. The topological polar surface area (TPSA) is 86.7 Å². The Labute approximate surface area is 192 Å². The summed E-state index contributed by atoms with van der Waals surface area (Å²) in [5.41, 5.74) is 2.42. The number of aryl methyl sites for hydroxylation is 1. The Balaban J connectivity index is 1.48. The standard InChI is InChI=1S/C25H25FN2O4S/c1-17-2-11-23(33(31,32)27-21-7-5-20(26)6-8-21)16-24(17)25(30)28-14-12-19(13-15-28)18-3-9-22(29)10-4-18/h2-11,16,19,27,29H,12-15H2,1H3. The molecule has 0 spiro atoms. The molecule has 0 saturated carbocycles. The second kappa shape index (κ2) is 9.23. The molecule has 8 heteroatoms. The van der Waals surface area contributed by atoms with Crippen LogP contribution in [0.2, 0.25) is 0 Å². The van der Waals surface area contributed by atoms with Crippen molar-refractivity contribution in [1.29, 1.82) is 0 Å². The first-order chi connectivity index (χ1) is 15.7. The van der Waals surface area contributed by atoms with E-state index < -0.39 is 15.8 Å². The lowest BCUT2D eigenvalue weighted by Gasteiger charge is -2.32. The number of nitrogens with zero attached hydrogens (tertiary/aromatic N) is 1. The number of aromatic hydroxyl groups is 1. The lowest BCUT2D eigenvalue weighted by atomic mass is 9.89. The van der Waals surface area contributed by atoms with Gasteiger partial charge in [0, 0.05) is 24.3 Å². The van der Waals surface area contributed by atoms with Gasteiger partial charge in [0.2, 0.25) is 0 Å². The highest BCUT2D eigenvalue weighted by Gasteiger charge is 2.26. The predicted octanol–water partition coefficient (Wildman–Crippen LogP) is 4.66. The van der Waals surface area contributed by atoms with Gasteiger partial charge in [-0.2, -0.15) is 0 Å². The maximum Gasteiger partial charge on any atom is 0.261 e. The van der Waals surface area contributed by atoms with Crippen LogP contribution in [0.15, 0.2) is 71.6 Å². The Morgan fingerprint density at radius 3 is 2.27 bits per heavy atom. The summed E-state index contributed by atoms with van der Waals surface area (Å²) in [5.74, 6) is -0.126. The van der Waals surface area contributed by atoms with Gasteiger partial charge >= 0.3 is 0 Å². The number of phenols is 1. The number of anilines is 1. The van der Waals surface area contributed by atoms with Crippen molar-refractivity contribution in [1.82, 2.24) is 4.90 Å². The maximum absolute atomic E-state index is 13.2. The number of phenolic OH excluding ortho intramolecular Hbond substituents is 1. The molecule has 172 valence electrons. The molecule has 1 aliphatic heterocycles. The first-order valence-electron chi connectivity index (χ1n) is 10.7. The number of benzene rings is 3. The predicted molar refractivity (Wildman–Crippen MR) is 124 cm³/mol. The molecule has 1 amide bonds. The van der Waals surface area contributed by atoms with Gasteiger partial charge in [-0.05, 0) is 85.3 Å². The lowest BCUT2D eigenvalue weighted by Crippen LogP contribution is -2.38. The van der Waals surface area contributed by atoms with E-state index >= 15 is 0 Å². The number of sulfonamides is 1. The monoisotopic (exact) mass is 468 g/mol. The number of rotatable bonds is 5. The van der Waals surface area contributed by atoms with Crippen molar-refractivity contribution in [2.24, 2.45) is 0 Å². The normalized spacial score (nSPS) is 14.8. The van der Waals surface area contributed by atoms with E-state index in [2.05, 4.69) is 4.72 Å². The molecule has 3 aromatic rings. The fourth-order valence-corrected chi connectivity index (χ4v) is 5.15. The van der Waals surface area contributed by atoms with Crippen LogP contribution in [0.4, 0.5) is 10.1 Å². The smallest absolute Gasteiger partial charge is 0.261 e. The van der Waals surface area contributed by atoms with Crippen LogP contribution >= 0.6 is 0 Å². The highest BCUT2D eigenvalue weighted by atomic mass is 32.2. The summed E-state index contributed by atoms with van der Waals surface area (Å²) in [6.07, 6.45) is 1.58. The Morgan fingerprint density at radius 2 is 1.64 bits per heavy atom. The molecule has 0 aliphatic carbocycles. The minimum absolute atomic E-state index is 0.0280. The van der Waals surface area contributed by atoms with Gasteiger partial charge in [-0.15, -0.1) is 0 Å². The molecule has 1 aliphatic rings. The Hall–Kier alpha value is -3.39. The molecule has 3 aromatic carbocycles. The van der Waals surface area contributed by atoms with E-state index in [0.29, 0.717) is 30.1 Å². The quantitative estimate of drug-likeness (QED) is 0.570. The third-order valence-electron chi connectivity index (χ3n) is 5.99. The summed E-state index contributed by atoms with van der Waals surface area (Å²) in [5, 5.41) is 9.48. The maximum atomic E-state index is 13.2. The highest BCUT2D eigenvalue weighted by Crippen LogP contribution is 2.30. The fourth-order valence-electron chi connectivity index (χ4n) is 4.06. The van der Waals surface area contributed by atoms with Gasteiger partial charge in [-0.3, -0.25) is 9.52 Å². The van der Waals surface area contributed by atoms with E-state index in [1.54, 1.807) is 30.0 Å². The zero-order chi connectivity index (χ0) is 23.6. The third-order valence-corrected chi connectivity index (χ3v) is 7.37. The van der Waals surface area contributed by atoms with Crippen LogP contribution in [-0.4, -0.2) is 37.4 Å². The van der Waals surface area contributed by atoms with E-state index in [9.17, 15) is 22.7 Å². The number of carbonyl (C=O) groups is 1. The van der Waals surface area contributed by atoms with E-state index in [1.165, 1.54) is 36.4 Å². The first kappa shape index (κ1) is 22.8. The summed E-state index contributed by atoms with van der Waals surface area (Å²) in [6.45, 7) is 2.91. The summed E-state index contributed by atoms with van der Waals surface area (Å²) in [4.78, 5) is 14.9. The Kier molecular flexibility index (Phi) is 6.37. The van der Waals surface area contributed by atoms with Gasteiger partial charge in [0.05, 0.1) is 4.90 Å². The number of halogens is 1. The molecule has 4 rings (SSSR count). The molecular weight excluding hydrogens is 443 g/mol. The number of amides is 1. The van der Waals surface area contributed by atoms with Gasteiger partial charge in [0.15, 0.2) is 0 Å². The molecule has 0 aromatic heterocycles. The zero-order valence-corrected chi connectivity index (χ0v) is 19.0. The number of hydrogen-bond donors (Lipinski definition) is 2. The second-order valence-electron chi connectivity index (χ2n) is 8.25. The Morgan fingerprint density at radius 1 is 1.00 bits per heavy atom. The van der Waals surface area contributed by atoms with Gasteiger partial charge in [-0.25, -0.2) is 12.8 Å². The highest BCUT2D eigenvalue weighted by molar-refractivity contribution is 7.92. The average molecular weight is 469 g/mol. The molecule has 0 radical (unpaired) electrons. The number of likely N-dealkylation sites (tertiary alicyclic amines) is 1. The average Bonchev–Trinajstić information content (AvgIpc) is 2.81. The zero-order valence-electron chi connectivity index (χ0n) is 18.2. The largest absolute Gasteiger partial charge is 0.508 e. The lowest BCUT2D eigenvalue weighted by molar-refractivity contribution is 0.0712. The van der Waals surface area contributed by atoms with Crippen molar-refractivity contribution in [2.45, 2.75) is 30.6 Å². The van der Waals surface area contributed by atoms with Crippen LogP contribution in [0.3, 0.4) is 0 Å². The van der Waals surface area contributed by atoms with Crippen molar-refractivity contribution in [3.8, 4) is 5.75 Å². The molecule has 1 saturated heterocycles. The van der Waals surface area contributed by atoms with E-state index in [-0.39, 0.29) is 22.2 Å². The van der Waals surface area contributed by atoms with Gasteiger partial charge in [0.1, 0.15) is 11.6 Å². The van der Waals surface area contributed by atoms with Crippen molar-refractivity contribution in [3.05, 3.63) is 89.2 Å². The van der Waals surface area contributed by atoms with E-state index in [1.807, 2.05) is 12.1 Å². The molecule has 0 bridgehead atoms. The van der Waals surface area contributed by atoms with Crippen LogP contribution in [0.1, 0.15) is 40.2 Å². The summed E-state index contributed by atoms with van der Waals surface area (Å²) >= 11 is 0. The summed E-state index contributed by atoms with van der Waals surface area (Å²) in [6, 6.07) is 16.6. The van der Waals surface area contributed by atoms with Crippen molar-refractivity contribution < 1.29 is 22.7 Å². The van der Waals surface area contributed by atoms with Crippen LogP contribution in [0.5, 0.6) is 5.75 Å². The Bertz CT molecular complexity index is 1250. The fraction of sp³-hybridized carbons (Fsp3) is 0.240. The van der Waals surface area contributed by atoms with E-state index in [0.717, 1.165) is 18.4 Å². The van der Waals surface area contributed by atoms with Crippen LogP contribution in [0, 0.1) is 12.7 Å². The van der Waals surface area contributed by atoms with Crippen LogP contribution < -0.4 is 4.72 Å². The summed E-state index contributed by atoms with van der Waals surface area (Å²) in [7, 11) is -3.94. The molecule has 1 fully saturated rings. The molecule has 33 heavy (non-hydrogen) atoms. The van der Waals surface area contributed by atoms with Gasteiger partial charge < -0.3 is 10.0 Å². The molecule has 0 unspecified atom stereocenters. The third kappa shape index (κ3) is 5.17. The number of carbonyl (C=O) groups excluding carboxylic acids is 1. The molecular formula is C25H25FN2O4S. The first-order valence-corrected chi connectivity index (χ1v) is 12.2. The van der Waals surface area contributed by atoms with Crippen LogP contribution in [-0.2, 0) is 10.0 Å².